The van der Waals surface area contributed by atoms with Crippen molar-refractivity contribution in [2.24, 2.45) is 5.92 Å². The molecule has 3 rings (SSSR count). The Hall–Kier alpha value is -0.380. The second-order valence-corrected chi connectivity index (χ2v) is 6.39. The molecule has 1 saturated carbocycles. The van der Waals surface area contributed by atoms with Crippen LogP contribution in [0.3, 0.4) is 0 Å². The zero-order valence-corrected chi connectivity index (χ0v) is 11.3. The van der Waals surface area contributed by atoms with Crippen LogP contribution < -0.4 is 5.32 Å². The van der Waals surface area contributed by atoms with Gasteiger partial charge in [0.05, 0.1) is 6.61 Å². The molecule has 0 amide bonds. The molecular weight excluding hydrogens is 230 g/mol. The molecule has 1 aliphatic heterocycles. The van der Waals surface area contributed by atoms with Crippen LogP contribution >= 0.6 is 11.3 Å². The van der Waals surface area contributed by atoms with E-state index < -0.39 is 0 Å². The van der Waals surface area contributed by atoms with Crippen LogP contribution in [0.25, 0.3) is 0 Å². The van der Waals surface area contributed by atoms with Crippen molar-refractivity contribution in [3.8, 4) is 0 Å². The van der Waals surface area contributed by atoms with Gasteiger partial charge in [-0.1, -0.05) is 13.3 Å². The lowest BCUT2D eigenvalue weighted by Crippen LogP contribution is -2.32. The monoisotopic (exact) mass is 251 g/mol. The van der Waals surface area contributed by atoms with E-state index in [4.69, 9.17) is 4.74 Å². The summed E-state index contributed by atoms with van der Waals surface area (Å²) in [5, 5.41) is 3.70. The van der Waals surface area contributed by atoms with Gasteiger partial charge in [-0.05, 0) is 37.3 Å². The number of hydrogen-bond acceptors (Lipinski definition) is 3. The van der Waals surface area contributed by atoms with E-state index in [1.54, 1.807) is 0 Å². The van der Waals surface area contributed by atoms with Crippen molar-refractivity contribution in [1.82, 2.24) is 5.32 Å². The third kappa shape index (κ3) is 2.42. The van der Waals surface area contributed by atoms with E-state index >= 15 is 0 Å². The Morgan fingerprint density at radius 2 is 2.35 bits per heavy atom. The summed E-state index contributed by atoms with van der Waals surface area (Å²) in [6, 6.07) is 5.21. The maximum atomic E-state index is 6.11. The second kappa shape index (κ2) is 5.09. The molecule has 3 unspecified atom stereocenters. The van der Waals surface area contributed by atoms with Gasteiger partial charge in [-0.2, -0.15) is 0 Å². The van der Waals surface area contributed by atoms with Gasteiger partial charge in [-0.25, -0.2) is 0 Å². The number of ether oxygens (including phenoxy) is 1. The molecule has 1 aromatic heterocycles. The summed E-state index contributed by atoms with van der Waals surface area (Å²) in [5.74, 6) is 0.755. The molecule has 1 aromatic rings. The molecule has 17 heavy (non-hydrogen) atoms. The fraction of sp³-hybridized carbons (Fsp3) is 0.714. The van der Waals surface area contributed by atoms with Gasteiger partial charge in [0.25, 0.3) is 0 Å². The van der Waals surface area contributed by atoms with Gasteiger partial charge in [0, 0.05) is 22.3 Å². The van der Waals surface area contributed by atoms with Gasteiger partial charge < -0.3 is 10.1 Å². The van der Waals surface area contributed by atoms with Crippen LogP contribution in [0.15, 0.2) is 12.1 Å². The Kier molecular flexibility index (Phi) is 3.50. The Labute approximate surface area is 107 Å². The van der Waals surface area contributed by atoms with Gasteiger partial charge in [-0.15, -0.1) is 11.3 Å². The Morgan fingerprint density at radius 1 is 1.41 bits per heavy atom. The maximum absolute atomic E-state index is 6.11. The van der Waals surface area contributed by atoms with E-state index in [9.17, 15) is 0 Å². The van der Waals surface area contributed by atoms with Crippen molar-refractivity contribution in [3.05, 3.63) is 21.9 Å². The molecule has 1 aliphatic carbocycles. The maximum Gasteiger partial charge on any atom is 0.104 e. The summed E-state index contributed by atoms with van der Waals surface area (Å²) in [6.45, 7) is 4.15. The highest BCUT2D eigenvalue weighted by molar-refractivity contribution is 7.12. The van der Waals surface area contributed by atoms with Gasteiger partial charge in [-0.3, -0.25) is 0 Å². The molecule has 2 nitrogen and oxygen atoms in total. The molecule has 0 spiro atoms. The molecule has 3 heteroatoms. The first-order valence-electron chi connectivity index (χ1n) is 6.80. The highest BCUT2D eigenvalue weighted by atomic mass is 32.1. The van der Waals surface area contributed by atoms with Gasteiger partial charge in [0.1, 0.15) is 6.10 Å². The van der Waals surface area contributed by atoms with E-state index in [1.165, 1.54) is 29.0 Å². The SMILES string of the molecule is CCc1ccc(C2CNC3CCCC3CO2)s1. The van der Waals surface area contributed by atoms with E-state index in [-0.39, 0.29) is 6.10 Å². The first kappa shape index (κ1) is 11.7. The molecule has 2 aliphatic rings. The quantitative estimate of drug-likeness (QED) is 0.872. The van der Waals surface area contributed by atoms with Gasteiger partial charge >= 0.3 is 0 Å². The first-order valence-corrected chi connectivity index (χ1v) is 7.62. The van der Waals surface area contributed by atoms with E-state index in [0.29, 0.717) is 6.04 Å². The van der Waals surface area contributed by atoms with Crippen molar-refractivity contribution >= 4 is 11.3 Å². The normalized spacial score (nSPS) is 33.4. The molecule has 94 valence electrons. The molecule has 0 aromatic carbocycles. The summed E-state index contributed by atoms with van der Waals surface area (Å²) in [6.07, 6.45) is 5.47. The number of fused-ring (bicyclic) bond motifs is 1. The molecule has 1 saturated heterocycles. The molecule has 0 bridgehead atoms. The number of rotatable bonds is 2. The first-order chi connectivity index (χ1) is 8.36. The van der Waals surface area contributed by atoms with Crippen LogP contribution in [0, 0.1) is 5.92 Å². The highest BCUT2D eigenvalue weighted by Crippen LogP contribution is 2.33. The van der Waals surface area contributed by atoms with Crippen molar-refractivity contribution in [2.75, 3.05) is 13.2 Å². The van der Waals surface area contributed by atoms with Crippen molar-refractivity contribution in [2.45, 2.75) is 44.8 Å². The van der Waals surface area contributed by atoms with Crippen LogP contribution in [0.2, 0.25) is 0 Å². The third-order valence-corrected chi connectivity index (χ3v) is 5.41. The lowest BCUT2D eigenvalue weighted by Gasteiger charge is -2.14. The van der Waals surface area contributed by atoms with E-state index in [0.717, 1.165) is 25.5 Å². The summed E-state index contributed by atoms with van der Waals surface area (Å²) in [4.78, 5) is 2.86. The average molecular weight is 251 g/mol. The summed E-state index contributed by atoms with van der Waals surface area (Å²) < 4.78 is 6.11. The molecule has 0 radical (unpaired) electrons. The summed E-state index contributed by atoms with van der Waals surface area (Å²) >= 11 is 1.91. The Bertz CT molecular complexity index is 362. The number of hydrogen-bond donors (Lipinski definition) is 1. The van der Waals surface area contributed by atoms with E-state index in [2.05, 4.69) is 24.4 Å². The van der Waals surface area contributed by atoms with Crippen LogP contribution in [0.5, 0.6) is 0 Å². The molecule has 1 N–H and O–H groups in total. The Balaban J connectivity index is 1.68. The Morgan fingerprint density at radius 3 is 3.18 bits per heavy atom. The predicted octanol–water partition coefficient (Wildman–Crippen LogP) is 3.14. The summed E-state index contributed by atoms with van der Waals surface area (Å²) in [5.41, 5.74) is 0. The average Bonchev–Trinajstić information content (AvgIpc) is 2.95. The lowest BCUT2D eigenvalue weighted by molar-refractivity contribution is 0.0495. The molecular formula is C14H21NOS. The van der Waals surface area contributed by atoms with Crippen molar-refractivity contribution in [3.63, 3.8) is 0 Å². The topological polar surface area (TPSA) is 21.3 Å². The minimum absolute atomic E-state index is 0.283. The number of thiophene rings is 1. The standard InChI is InChI=1S/C14H21NOS/c1-2-11-6-7-14(17-11)13-8-15-12-5-3-4-10(12)9-16-13/h6-7,10,12-13,15H,2-5,8-9H2,1H3. The van der Waals surface area contributed by atoms with Crippen LogP contribution in [0.1, 0.15) is 42.0 Å². The van der Waals surface area contributed by atoms with Crippen LogP contribution in [-0.4, -0.2) is 19.2 Å². The zero-order valence-electron chi connectivity index (χ0n) is 10.4. The van der Waals surface area contributed by atoms with Crippen molar-refractivity contribution in [1.29, 1.82) is 0 Å². The fourth-order valence-electron chi connectivity index (χ4n) is 3.00. The fourth-order valence-corrected chi connectivity index (χ4v) is 4.00. The lowest BCUT2D eigenvalue weighted by atomic mass is 10.1. The zero-order chi connectivity index (χ0) is 11.7. The minimum Gasteiger partial charge on any atom is -0.371 e. The van der Waals surface area contributed by atoms with Crippen LogP contribution in [-0.2, 0) is 11.2 Å². The van der Waals surface area contributed by atoms with E-state index in [1.807, 2.05) is 11.3 Å². The molecule has 3 atom stereocenters. The predicted molar refractivity (Wildman–Crippen MR) is 71.5 cm³/mol. The van der Waals surface area contributed by atoms with Gasteiger partial charge in [0.2, 0.25) is 0 Å². The largest absolute Gasteiger partial charge is 0.371 e. The minimum atomic E-state index is 0.283. The second-order valence-electron chi connectivity index (χ2n) is 5.19. The smallest absolute Gasteiger partial charge is 0.104 e. The van der Waals surface area contributed by atoms with Crippen molar-refractivity contribution < 1.29 is 4.74 Å². The molecule has 2 fully saturated rings. The third-order valence-electron chi connectivity index (χ3n) is 4.08. The van der Waals surface area contributed by atoms with Gasteiger partial charge in [0.15, 0.2) is 0 Å². The number of aryl methyl sites for hydroxylation is 1. The number of nitrogens with one attached hydrogen (secondary N) is 1. The van der Waals surface area contributed by atoms with Crippen LogP contribution in [0.4, 0.5) is 0 Å². The summed E-state index contributed by atoms with van der Waals surface area (Å²) in [7, 11) is 0. The molecule has 2 heterocycles. The highest BCUT2D eigenvalue weighted by Gasteiger charge is 2.31.